The molecule has 0 aliphatic carbocycles. The molecule has 0 spiro atoms. The maximum Gasteiger partial charge on any atom is 0.315 e. The highest BCUT2D eigenvalue weighted by Gasteiger charge is 2.37. The van der Waals surface area contributed by atoms with Gasteiger partial charge in [0.25, 0.3) is 0 Å². The van der Waals surface area contributed by atoms with Crippen LogP contribution in [0.1, 0.15) is 32.6 Å². The first kappa shape index (κ1) is 14.1. The van der Waals surface area contributed by atoms with Crippen molar-refractivity contribution in [3.8, 4) is 0 Å². The number of rotatable bonds is 5. The Hall–Kier alpha value is -1.30. The second-order valence-corrected chi connectivity index (χ2v) is 5.57. The molecule has 0 radical (unpaired) electrons. The smallest absolute Gasteiger partial charge is 0.315 e. The van der Waals surface area contributed by atoms with E-state index in [1.54, 1.807) is 6.92 Å². The molecule has 3 atom stereocenters. The molecule has 0 bridgehead atoms. The number of fused-ring (bicyclic) bond motifs is 1. The highest BCUT2D eigenvalue weighted by Crippen LogP contribution is 2.27. The minimum atomic E-state index is -0.820. The molecule has 2 aliphatic rings. The summed E-state index contributed by atoms with van der Waals surface area (Å²) in [5, 5.41) is 14.5. The molecule has 2 amide bonds. The van der Waals surface area contributed by atoms with Crippen molar-refractivity contribution in [1.29, 1.82) is 0 Å². The Labute approximate surface area is 113 Å². The van der Waals surface area contributed by atoms with Crippen LogP contribution in [0.5, 0.6) is 0 Å². The number of aliphatic carboxylic acids is 1. The van der Waals surface area contributed by atoms with Gasteiger partial charge in [0, 0.05) is 25.2 Å². The lowest BCUT2D eigenvalue weighted by molar-refractivity contribution is -0.141. The molecule has 6 heteroatoms. The fourth-order valence-electron chi connectivity index (χ4n) is 3.00. The van der Waals surface area contributed by atoms with Crippen LogP contribution in [0.25, 0.3) is 0 Å². The van der Waals surface area contributed by atoms with Crippen molar-refractivity contribution in [3.63, 3.8) is 0 Å². The Kier molecular flexibility index (Phi) is 4.63. The molecule has 0 aromatic heterocycles. The number of hydrogen-bond donors (Lipinski definition) is 3. The Balaban J connectivity index is 1.66. The Morgan fingerprint density at radius 2 is 2.16 bits per heavy atom. The van der Waals surface area contributed by atoms with Gasteiger partial charge in [-0.2, -0.15) is 0 Å². The zero-order chi connectivity index (χ0) is 13.8. The first-order valence-corrected chi connectivity index (χ1v) is 7.09. The molecule has 2 fully saturated rings. The van der Waals surface area contributed by atoms with E-state index in [1.807, 2.05) is 0 Å². The van der Waals surface area contributed by atoms with E-state index in [9.17, 15) is 9.59 Å². The average Bonchev–Trinajstić information content (AvgIpc) is 2.94. The van der Waals surface area contributed by atoms with Crippen molar-refractivity contribution in [1.82, 2.24) is 15.5 Å². The molecular weight excluding hydrogens is 246 g/mol. The standard InChI is InChI=1S/C13H23N3O3/c1-9(12(17)18)4-6-14-13(19)15-10-5-8-16-7-2-3-11(10)16/h9-11H,2-8H2,1H3,(H,17,18)(H2,14,15,19). The third kappa shape index (κ3) is 3.59. The largest absolute Gasteiger partial charge is 0.481 e. The highest BCUT2D eigenvalue weighted by atomic mass is 16.4. The molecule has 108 valence electrons. The van der Waals surface area contributed by atoms with Crippen LogP contribution >= 0.6 is 0 Å². The van der Waals surface area contributed by atoms with Crippen LogP contribution in [0.2, 0.25) is 0 Å². The SMILES string of the molecule is CC(CCNC(=O)NC1CCN2CCCC12)C(=O)O. The zero-order valence-electron chi connectivity index (χ0n) is 11.4. The van der Waals surface area contributed by atoms with Gasteiger partial charge in [-0.1, -0.05) is 6.92 Å². The first-order valence-electron chi connectivity index (χ1n) is 7.09. The van der Waals surface area contributed by atoms with E-state index in [2.05, 4.69) is 15.5 Å². The average molecular weight is 269 g/mol. The predicted molar refractivity (Wildman–Crippen MR) is 71.0 cm³/mol. The lowest BCUT2D eigenvalue weighted by Gasteiger charge is -2.21. The maximum absolute atomic E-state index is 11.8. The zero-order valence-corrected chi connectivity index (χ0v) is 11.4. The molecule has 0 aromatic carbocycles. The fourth-order valence-corrected chi connectivity index (χ4v) is 3.00. The van der Waals surface area contributed by atoms with Crippen LogP contribution in [-0.4, -0.2) is 53.7 Å². The van der Waals surface area contributed by atoms with E-state index >= 15 is 0 Å². The number of nitrogens with one attached hydrogen (secondary N) is 2. The first-order chi connectivity index (χ1) is 9.08. The summed E-state index contributed by atoms with van der Waals surface area (Å²) in [4.78, 5) is 24.8. The van der Waals surface area contributed by atoms with Crippen LogP contribution in [0.3, 0.4) is 0 Å². The van der Waals surface area contributed by atoms with E-state index in [4.69, 9.17) is 5.11 Å². The fraction of sp³-hybridized carbons (Fsp3) is 0.846. The van der Waals surface area contributed by atoms with Gasteiger partial charge in [-0.3, -0.25) is 9.69 Å². The summed E-state index contributed by atoms with van der Waals surface area (Å²) >= 11 is 0. The van der Waals surface area contributed by atoms with Crippen LogP contribution in [0, 0.1) is 5.92 Å². The summed E-state index contributed by atoms with van der Waals surface area (Å²) in [7, 11) is 0. The van der Waals surface area contributed by atoms with Gasteiger partial charge in [0.1, 0.15) is 0 Å². The third-order valence-electron chi connectivity index (χ3n) is 4.21. The number of carbonyl (C=O) groups is 2. The van der Waals surface area contributed by atoms with Gasteiger partial charge in [0.15, 0.2) is 0 Å². The Bertz CT molecular complexity index is 348. The molecule has 2 rings (SSSR count). The van der Waals surface area contributed by atoms with E-state index in [1.165, 1.54) is 12.8 Å². The summed E-state index contributed by atoms with van der Waals surface area (Å²) in [5.74, 6) is -1.24. The number of carboxylic acid groups (broad SMARTS) is 1. The van der Waals surface area contributed by atoms with Crippen molar-refractivity contribution in [2.45, 2.75) is 44.7 Å². The van der Waals surface area contributed by atoms with Crippen molar-refractivity contribution >= 4 is 12.0 Å². The number of hydrogen-bond acceptors (Lipinski definition) is 3. The van der Waals surface area contributed by atoms with Crippen molar-refractivity contribution in [2.24, 2.45) is 5.92 Å². The van der Waals surface area contributed by atoms with Gasteiger partial charge in [-0.15, -0.1) is 0 Å². The molecule has 0 saturated carbocycles. The Morgan fingerprint density at radius 1 is 1.37 bits per heavy atom. The molecule has 0 aromatic rings. The van der Waals surface area contributed by atoms with Crippen molar-refractivity contribution < 1.29 is 14.7 Å². The lowest BCUT2D eigenvalue weighted by atomic mass is 10.1. The van der Waals surface area contributed by atoms with Gasteiger partial charge in [0.2, 0.25) is 0 Å². The number of carbonyl (C=O) groups excluding carboxylic acids is 1. The van der Waals surface area contributed by atoms with Gasteiger partial charge >= 0.3 is 12.0 Å². The summed E-state index contributed by atoms with van der Waals surface area (Å²) in [6.45, 7) is 4.28. The van der Waals surface area contributed by atoms with E-state index in [-0.39, 0.29) is 12.1 Å². The number of urea groups is 1. The minimum Gasteiger partial charge on any atom is -0.481 e. The molecule has 6 nitrogen and oxygen atoms in total. The summed E-state index contributed by atoms with van der Waals surface area (Å²) in [6, 6.07) is 0.583. The van der Waals surface area contributed by atoms with Crippen LogP contribution in [0.15, 0.2) is 0 Å². The second-order valence-electron chi connectivity index (χ2n) is 5.57. The van der Waals surface area contributed by atoms with Gasteiger partial charge < -0.3 is 15.7 Å². The van der Waals surface area contributed by atoms with Crippen LogP contribution in [-0.2, 0) is 4.79 Å². The number of nitrogens with zero attached hydrogens (tertiary/aromatic N) is 1. The molecule has 3 N–H and O–H groups in total. The van der Waals surface area contributed by atoms with Crippen LogP contribution < -0.4 is 10.6 Å². The normalized spacial score (nSPS) is 27.8. The maximum atomic E-state index is 11.8. The lowest BCUT2D eigenvalue weighted by Crippen LogP contribution is -2.47. The topological polar surface area (TPSA) is 81.7 Å². The van der Waals surface area contributed by atoms with Crippen molar-refractivity contribution in [3.05, 3.63) is 0 Å². The molecule has 19 heavy (non-hydrogen) atoms. The molecule has 2 heterocycles. The predicted octanol–water partition coefficient (Wildman–Crippen LogP) is 0.633. The van der Waals surface area contributed by atoms with E-state index < -0.39 is 11.9 Å². The van der Waals surface area contributed by atoms with Crippen molar-refractivity contribution in [2.75, 3.05) is 19.6 Å². The summed E-state index contributed by atoms with van der Waals surface area (Å²) in [6.07, 6.45) is 3.87. The summed E-state index contributed by atoms with van der Waals surface area (Å²) < 4.78 is 0. The monoisotopic (exact) mass is 269 g/mol. The quantitative estimate of drug-likeness (QED) is 0.684. The molecule has 3 unspecified atom stereocenters. The van der Waals surface area contributed by atoms with Gasteiger partial charge in [-0.05, 0) is 32.2 Å². The molecule has 2 aliphatic heterocycles. The minimum absolute atomic E-state index is 0.170. The van der Waals surface area contributed by atoms with Crippen LogP contribution in [0.4, 0.5) is 4.79 Å². The highest BCUT2D eigenvalue weighted by molar-refractivity contribution is 5.74. The van der Waals surface area contributed by atoms with Gasteiger partial charge in [0.05, 0.1) is 5.92 Å². The number of carboxylic acids is 1. The molecule has 2 saturated heterocycles. The third-order valence-corrected chi connectivity index (χ3v) is 4.21. The Morgan fingerprint density at radius 3 is 2.89 bits per heavy atom. The number of amides is 2. The molecular formula is C13H23N3O3. The second kappa shape index (κ2) is 6.23. The summed E-state index contributed by atoms with van der Waals surface area (Å²) in [5.41, 5.74) is 0. The van der Waals surface area contributed by atoms with Gasteiger partial charge in [-0.25, -0.2) is 4.79 Å². The van der Waals surface area contributed by atoms with E-state index in [0.717, 1.165) is 19.5 Å². The van der Waals surface area contributed by atoms with E-state index in [0.29, 0.717) is 19.0 Å².